The van der Waals surface area contributed by atoms with Gasteiger partial charge in [0.05, 0.1) is 6.04 Å². The lowest BCUT2D eigenvalue weighted by Gasteiger charge is -2.28. The molecule has 0 fully saturated rings. The molecule has 0 aliphatic heterocycles. The van der Waals surface area contributed by atoms with E-state index in [0.29, 0.717) is 6.54 Å². The number of hydrogen-bond donors (Lipinski definition) is 1. The molecule has 0 saturated carbocycles. The minimum Gasteiger partial charge on any atom is -0.367 e. The van der Waals surface area contributed by atoms with Crippen molar-refractivity contribution >= 4 is 17.0 Å². The molecule has 114 valence electrons. The van der Waals surface area contributed by atoms with Crippen molar-refractivity contribution in [3.8, 4) is 0 Å². The molecule has 0 spiro atoms. The van der Waals surface area contributed by atoms with E-state index < -0.39 is 0 Å². The third kappa shape index (κ3) is 4.05. The average Bonchev–Trinajstić information content (AvgIpc) is 3.00. The molecule has 0 bridgehead atoms. The summed E-state index contributed by atoms with van der Waals surface area (Å²) in [5.41, 5.74) is 2.09. The largest absolute Gasteiger partial charge is 0.367 e. The van der Waals surface area contributed by atoms with Crippen LogP contribution in [0, 0.1) is 5.82 Å². The van der Waals surface area contributed by atoms with Crippen LogP contribution in [0.15, 0.2) is 35.7 Å². The van der Waals surface area contributed by atoms with Crippen molar-refractivity contribution in [2.75, 3.05) is 18.5 Å². The van der Waals surface area contributed by atoms with Crippen molar-refractivity contribution < 1.29 is 4.39 Å². The molecule has 0 radical (unpaired) electrons. The van der Waals surface area contributed by atoms with Gasteiger partial charge in [0.25, 0.3) is 0 Å². The van der Waals surface area contributed by atoms with E-state index in [1.165, 1.54) is 10.9 Å². The summed E-state index contributed by atoms with van der Waals surface area (Å²) in [7, 11) is 2.07. The van der Waals surface area contributed by atoms with Gasteiger partial charge in [-0.05, 0) is 55.1 Å². The molecule has 0 aliphatic carbocycles. The van der Waals surface area contributed by atoms with Crippen LogP contribution in [0.25, 0.3) is 0 Å². The first-order valence-corrected chi connectivity index (χ1v) is 8.26. The fraction of sp³-hybridized carbons (Fsp3) is 0.412. The summed E-state index contributed by atoms with van der Waals surface area (Å²) >= 11 is 1.75. The molecule has 2 aromatic rings. The number of halogens is 1. The molecular formula is C17H23FN2S. The van der Waals surface area contributed by atoms with Crippen LogP contribution < -0.4 is 10.2 Å². The fourth-order valence-corrected chi connectivity index (χ4v) is 3.19. The Morgan fingerprint density at radius 1 is 1.33 bits per heavy atom. The second-order valence-electron chi connectivity index (χ2n) is 5.25. The Morgan fingerprint density at radius 3 is 2.81 bits per heavy atom. The van der Waals surface area contributed by atoms with Crippen molar-refractivity contribution in [3.05, 3.63) is 52.0 Å². The fourth-order valence-electron chi connectivity index (χ4n) is 2.37. The number of benzene rings is 1. The molecule has 1 aromatic carbocycles. The molecule has 1 heterocycles. The van der Waals surface area contributed by atoms with Gasteiger partial charge in [-0.25, -0.2) is 4.39 Å². The van der Waals surface area contributed by atoms with Crippen molar-refractivity contribution in [1.82, 2.24) is 5.32 Å². The van der Waals surface area contributed by atoms with Gasteiger partial charge in [0.1, 0.15) is 5.82 Å². The molecule has 1 unspecified atom stereocenters. The number of nitrogens with one attached hydrogen (secondary N) is 1. The lowest BCUT2D eigenvalue weighted by Crippen LogP contribution is -2.24. The van der Waals surface area contributed by atoms with Gasteiger partial charge in [0.15, 0.2) is 0 Å². The van der Waals surface area contributed by atoms with Gasteiger partial charge in [-0.15, -0.1) is 11.3 Å². The van der Waals surface area contributed by atoms with Crippen LogP contribution in [0.5, 0.6) is 0 Å². The van der Waals surface area contributed by atoms with E-state index in [9.17, 15) is 4.39 Å². The number of nitrogens with zero attached hydrogens (tertiary/aromatic N) is 1. The van der Waals surface area contributed by atoms with E-state index >= 15 is 0 Å². The SMILES string of the molecule is CCCNCc1cc(F)ccc1N(C)C(C)c1cccs1. The molecule has 2 rings (SSSR count). The Labute approximate surface area is 130 Å². The monoisotopic (exact) mass is 306 g/mol. The van der Waals surface area contributed by atoms with Crippen molar-refractivity contribution in [2.45, 2.75) is 32.9 Å². The number of rotatable bonds is 7. The smallest absolute Gasteiger partial charge is 0.123 e. The van der Waals surface area contributed by atoms with Crippen LogP contribution in [0.1, 0.15) is 36.8 Å². The van der Waals surface area contributed by atoms with E-state index in [4.69, 9.17) is 0 Å². The van der Waals surface area contributed by atoms with Crippen LogP contribution >= 0.6 is 11.3 Å². The molecule has 0 aliphatic rings. The van der Waals surface area contributed by atoms with Crippen molar-refractivity contribution in [1.29, 1.82) is 0 Å². The van der Waals surface area contributed by atoms with Gasteiger partial charge in [0.2, 0.25) is 0 Å². The molecule has 0 saturated heterocycles. The summed E-state index contributed by atoms with van der Waals surface area (Å²) < 4.78 is 13.5. The summed E-state index contributed by atoms with van der Waals surface area (Å²) in [4.78, 5) is 3.53. The lowest BCUT2D eigenvalue weighted by atomic mass is 10.1. The average molecular weight is 306 g/mol. The molecule has 1 N–H and O–H groups in total. The van der Waals surface area contributed by atoms with Crippen LogP contribution in [0.2, 0.25) is 0 Å². The highest BCUT2D eigenvalue weighted by Crippen LogP contribution is 2.30. The third-order valence-corrected chi connectivity index (χ3v) is 4.74. The van der Waals surface area contributed by atoms with Crippen molar-refractivity contribution in [2.24, 2.45) is 0 Å². The number of thiophene rings is 1. The Morgan fingerprint density at radius 2 is 2.14 bits per heavy atom. The lowest BCUT2D eigenvalue weighted by molar-refractivity contribution is 0.617. The maximum absolute atomic E-state index is 13.5. The van der Waals surface area contributed by atoms with Crippen LogP contribution in [0.3, 0.4) is 0 Å². The zero-order chi connectivity index (χ0) is 15.2. The summed E-state index contributed by atoms with van der Waals surface area (Å²) in [5.74, 6) is -0.177. The maximum Gasteiger partial charge on any atom is 0.123 e. The van der Waals surface area contributed by atoms with Gasteiger partial charge in [-0.2, -0.15) is 0 Å². The summed E-state index contributed by atoms with van der Waals surface area (Å²) in [6.45, 7) is 5.95. The zero-order valence-corrected chi connectivity index (χ0v) is 13.7. The molecule has 21 heavy (non-hydrogen) atoms. The summed E-state index contributed by atoms with van der Waals surface area (Å²) in [6.07, 6.45) is 1.08. The minimum atomic E-state index is -0.177. The Kier molecular flexibility index (Phi) is 5.76. The molecule has 0 amide bonds. The van der Waals surface area contributed by atoms with E-state index in [-0.39, 0.29) is 11.9 Å². The zero-order valence-electron chi connectivity index (χ0n) is 12.9. The molecule has 2 nitrogen and oxygen atoms in total. The summed E-state index contributed by atoms with van der Waals surface area (Å²) in [5, 5.41) is 5.45. The number of anilines is 1. The maximum atomic E-state index is 13.5. The predicted octanol–water partition coefficient (Wildman–Crippen LogP) is 4.58. The highest BCUT2D eigenvalue weighted by Gasteiger charge is 2.16. The van der Waals surface area contributed by atoms with Gasteiger partial charge < -0.3 is 10.2 Å². The number of hydrogen-bond acceptors (Lipinski definition) is 3. The minimum absolute atomic E-state index is 0.177. The first-order valence-electron chi connectivity index (χ1n) is 7.38. The summed E-state index contributed by atoms with van der Waals surface area (Å²) in [6, 6.07) is 9.54. The third-order valence-electron chi connectivity index (χ3n) is 3.70. The van der Waals surface area contributed by atoms with Gasteiger partial charge in [-0.3, -0.25) is 0 Å². The highest BCUT2D eigenvalue weighted by molar-refractivity contribution is 7.10. The van der Waals surface area contributed by atoms with E-state index in [1.54, 1.807) is 17.4 Å². The van der Waals surface area contributed by atoms with E-state index in [1.807, 2.05) is 6.07 Å². The Hall–Kier alpha value is -1.39. The van der Waals surface area contributed by atoms with Crippen molar-refractivity contribution in [3.63, 3.8) is 0 Å². The first-order chi connectivity index (χ1) is 10.1. The molecular weight excluding hydrogens is 283 g/mol. The Bertz CT molecular complexity index is 554. The second-order valence-corrected chi connectivity index (χ2v) is 6.23. The quantitative estimate of drug-likeness (QED) is 0.753. The van der Waals surface area contributed by atoms with Crippen LogP contribution in [-0.4, -0.2) is 13.6 Å². The topological polar surface area (TPSA) is 15.3 Å². The molecule has 1 atom stereocenters. The van der Waals surface area contributed by atoms with E-state index in [0.717, 1.165) is 24.2 Å². The second kappa shape index (κ2) is 7.57. The predicted molar refractivity (Wildman–Crippen MR) is 89.5 cm³/mol. The van der Waals surface area contributed by atoms with E-state index in [2.05, 4.69) is 48.6 Å². The highest BCUT2D eigenvalue weighted by atomic mass is 32.1. The first kappa shape index (κ1) is 16.0. The van der Waals surface area contributed by atoms with Gasteiger partial charge >= 0.3 is 0 Å². The normalized spacial score (nSPS) is 12.4. The van der Waals surface area contributed by atoms with Crippen LogP contribution in [0.4, 0.5) is 10.1 Å². The molecule has 4 heteroatoms. The van der Waals surface area contributed by atoms with Gasteiger partial charge in [0, 0.05) is 24.2 Å². The van der Waals surface area contributed by atoms with Crippen LogP contribution in [-0.2, 0) is 6.54 Å². The van der Waals surface area contributed by atoms with Gasteiger partial charge in [-0.1, -0.05) is 13.0 Å². The Balaban J connectivity index is 2.21. The molecule has 1 aromatic heterocycles. The standard InChI is InChI=1S/C17H23FN2S/c1-4-9-19-12-14-11-15(18)7-8-16(14)20(3)13(2)17-6-5-10-21-17/h5-8,10-11,13,19H,4,9,12H2,1-3H3.